The minimum Gasteiger partial charge on any atom is -0.337 e. The van der Waals surface area contributed by atoms with E-state index in [9.17, 15) is 0 Å². The summed E-state index contributed by atoms with van der Waals surface area (Å²) in [4.78, 5) is 11.6. The van der Waals surface area contributed by atoms with Crippen molar-refractivity contribution in [1.82, 2.24) is 30.3 Å². The van der Waals surface area contributed by atoms with Crippen molar-refractivity contribution in [3.8, 4) is 0 Å². The van der Waals surface area contributed by atoms with Gasteiger partial charge in [-0.2, -0.15) is 4.98 Å². The summed E-state index contributed by atoms with van der Waals surface area (Å²) in [7, 11) is 2.03. The monoisotopic (exact) mass is 354 g/mol. The summed E-state index contributed by atoms with van der Waals surface area (Å²) < 4.78 is 1.99. The van der Waals surface area contributed by atoms with Gasteiger partial charge in [-0.3, -0.25) is 0 Å². The first-order valence-electron chi connectivity index (χ1n) is 9.68. The summed E-state index contributed by atoms with van der Waals surface area (Å²) in [5.41, 5.74) is 0.413. The molecule has 4 aliphatic rings. The van der Waals surface area contributed by atoms with Crippen LogP contribution in [0.3, 0.4) is 0 Å². The SMILES string of the molecule is CNCC12CC(C1)N(c1nccc(Nc3cn(C4CCCC4)nn3)n1)C2. The van der Waals surface area contributed by atoms with Gasteiger partial charge in [-0.25, -0.2) is 9.67 Å². The molecule has 0 unspecified atom stereocenters. The Kier molecular flexibility index (Phi) is 3.81. The van der Waals surface area contributed by atoms with Crippen LogP contribution < -0.4 is 15.5 Å². The van der Waals surface area contributed by atoms with Crippen molar-refractivity contribution in [3.05, 3.63) is 18.5 Å². The van der Waals surface area contributed by atoms with Crippen LogP contribution in [0, 0.1) is 5.41 Å². The molecule has 2 aliphatic carbocycles. The average Bonchev–Trinajstić information content (AvgIpc) is 3.38. The molecular formula is C18H26N8. The van der Waals surface area contributed by atoms with Crippen molar-refractivity contribution < 1.29 is 0 Å². The highest BCUT2D eigenvalue weighted by Gasteiger charge is 2.55. The lowest BCUT2D eigenvalue weighted by Crippen LogP contribution is -2.41. The second kappa shape index (κ2) is 6.19. The van der Waals surface area contributed by atoms with Crippen LogP contribution in [0.1, 0.15) is 44.6 Å². The molecule has 2 saturated heterocycles. The molecule has 2 aliphatic heterocycles. The number of hydrogen-bond acceptors (Lipinski definition) is 7. The van der Waals surface area contributed by atoms with E-state index in [1.54, 1.807) is 0 Å². The highest BCUT2D eigenvalue weighted by molar-refractivity contribution is 5.53. The fourth-order valence-corrected chi connectivity index (χ4v) is 4.96. The molecule has 8 heteroatoms. The van der Waals surface area contributed by atoms with Crippen molar-refractivity contribution >= 4 is 17.6 Å². The van der Waals surface area contributed by atoms with E-state index in [4.69, 9.17) is 4.98 Å². The molecule has 2 aromatic rings. The maximum atomic E-state index is 4.73. The van der Waals surface area contributed by atoms with Gasteiger partial charge in [-0.1, -0.05) is 18.1 Å². The van der Waals surface area contributed by atoms with Gasteiger partial charge in [0.05, 0.1) is 12.2 Å². The van der Waals surface area contributed by atoms with Crippen molar-refractivity contribution in [3.63, 3.8) is 0 Å². The van der Waals surface area contributed by atoms with E-state index in [0.717, 1.165) is 30.7 Å². The van der Waals surface area contributed by atoms with Gasteiger partial charge in [0.2, 0.25) is 5.95 Å². The minimum atomic E-state index is 0.413. The van der Waals surface area contributed by atoms with E-state index in [1.807, 2.05) is 30.2 Å². The molecule has 4 fully saturated rings. The third kappa shape index (κ3) is 2.72. The largest absolute Gasteiger partial charge is 0.337 e. The van der Waals surface area contributed by atoms with Gasteiger partial charge >= 0.3 is 0 Å². The molecule has 0 spiro atoms. The number of nitrogens with zero attached hydrogens (tertiary/aromatic N) is 6. The number of aromatic nitrogens is 5. The number of hydrogen-bond donors (Lipinski definition) is 2. The predicted molar refractivity (Wildman–Crippen MR) is 99.6 cm³/mol. The van der Waals surface area contributed by atoms with Crippen LogP contribution in [-0.4, -0.2) is 51.1 Å². The predicted octanol–water partition coefficient (Wildman–Crippen LogP) is 2.11. The van der Waals surface area contributed by atoms with E-state index in [2.05, 4.69) is 30.8 Å². The minimum absolute atomic E-state index is 0.413. The normalized spacial score (nSPS) is 27.7. The van der Waals surface area contributed by atoms with Gasteiger partial charge in [0.15, 0.2) is 5.82 Å². The first kappa shape index (κ1) is 16.0. The molecule has 4 heterocycles. The zero-order valence-electron chi connectivity index (χ0n) is 15.2. The maximum absolute atomic E-state index is 4.73. The summed E-state index contributed by atoms with van der Waals surface area (Å²) in [5, 5.41) is 15.2. The van der Waals surface area contributed by atoms with Gasteiger partial charge in [-0.15, -0.1) is 5.10 Å². The fourth-order valence-electron chi connectivity index (χ4n) is 4.96. The molecule has 2 bridgehead atoms. The highest BCUT2D eigenvalue weighted by Crippen LogP contribution is 2.52. The van der Waals surface area contributed by atoms with Crippen LogP contribution in [0.4, 0.5) is 17.6 Å². The van der Waals surface area contributed by atoms with Crippen LogP contribution >= 0.6 is 0 Å². The third-order valence-electron chi connectivity index (χ3n) is 6.20. The first-order chi connectivity index (χ1) is 12.7. The molecule has 138 valence electrons. The molecule has 26 heavy (non-hydrogen) atoms. The summed E-state index contributed by atoms with van der Waals surface area (Å²) in [5.74, 6) is 2.35. The van der Waals surface area contributed by atoms with Crippen LogP contribution in [-0.2, 0) is 0 Å². The van der Waals surface area contributed by atoms with Crippen LogP contribution in [0.2, 0.25) is 0 Å². The van der Waals surface area contributed by atoms with E-state index in [-0.39, 0.29) is 0 Å². The van der Waals surface area contributed by atoms with Crippen LogP contribution in [0.5, 0.6) is 0 Å². The Hall–Kier alpha value is -2.22. The molecule has 2 N–H and O–H groups in total. The number of fused-ring (bicyclic) bond motifs is 1. The summed E-state index contributed by atoms with van der Waals surface area (Å²) in [6.07, 6.45) is 11.3. The van der Waals surface area contributed by atoms with Gasteiger partial charge < -0.3 is 15.5 Å². The smallest absolute Gasteiger partial charge is 0.227 e. The Balaban J connectivity index is 1.29. The highest BCUT2D eigenvalue weighted by atomic mass is 15.5. The lowest BCUT2D eigenvalue weighted by molar-refractivity contribution is 0.196. The Bertz CT molecular complexity index is 775. The van der Waals surface area contributed by atoms with E-state index >= 15 is 0 Å². The topological polar surface area (TPSA) is 83.8 Å². The summed E-state index contributed by atoms with van der Waals surface area (Å²) in [6.45, 7) is 2.11. The van der Waals surface area contributed by atoms with Crippen LogP contribution in [0.25, 0.3) is 0 Å². The van der Waals surface area contributed by atoms with Gasteiger partial charge in [-0.05, 0) is 38.8 Å². The zero-order chi connectivity index (χ0) is 17.6. The number of nitrogens with one attached hydrogen (secondary N) is 2. The molecular weight excluding hydrogens is 328 g/mol. The first-order valence-corrected chi connectivity index (χ1v) is 9.68. The van der Waals surface area contributed by atoms with Gasteiger partial charge in [0.1, 0.15) is 5.82 Å². The van der Waals surface area contributed by atoms with Gasteiger partial charge in [0.25, 0.3) is 0 Å². The molecule has 6 rings (SSSR count). The lowest BCUT2D eigenvalue weighted by atomic mass is 9.70. The molecule has 8 nitrogen and oxygen atoms in total. The second-order valence-corrected chi connectivity index (χ2v) is 8.11. The summed E-state index contributed by atoms with van der Waals surface area (Å²) in [6, 6.07) is 2.97. The average molecular weight is 354 g/mol. The quantitative estimate of drug-likeness (QED) is 0.822. The molecule has 0 atom stereocenters. The molecule has 2 saturated carbocycles. The molecule has 0 radical (unpaired) electrons. The van der Waals surface area contributed by atoms with E-state index in [0.29, 0.717) is 17.5 Å². The summed E-state index contributed by atoms with van der Waals surface area (Å²) >= 11 is 0. The van der Waals surface area contributed by atoms with E-state index in [1.165, 1.54) is 38.5 Å². The van der Waals surface area contributed by atoms with Crippen LogP contribution in [0.15, 0.2) is 18.5 Å². The number of rotatable bonds is 6. The Morgan fingerprint density at radius 3 is 2.85 bits per heavy atom. The van der Waals surface area contributed by atoms with E-state index < -0.39 is 0 Å². The third-order valence-corrected chi connectivity index (χ3v) is 6.20. The Morgan fingerprint density at radius 1 is 1.19 bits per heavy atom. The number of anilines is 3. The standard InChI is InChI=1S/C18H26N8/c1-19-11-18-8-14(9-18)25(12-18)17-20-7-6-15(22-17)21-16-10-26(24-23-16)13-4-2-3-5-13/h6-7,10,13-14,19H,2-5,8-9,11-12H2,1H3,(H,20,21,22). The molecule has 2 aromatic heterocycles. The fraction of sp³-hybridized carbons (Fsp3) is 0.667. The Morgan fingerprint density at radius 2 is 2.04 bits per heavy atom. The van der Waals surface area contributed by atoms with Crippen molar-refractivity contribution in [2.45, 2.75) is 50.6 Å². The molecule has 0 amide bonds. The van der Waals surface area contributed by atoms with Crippen molar-refractivity contribution in [2.75, 3.05) is 30.4 Å². The van der Waals surface area contributed by atoms with Gasteiger partial charge in [0, 0.05) is 30.7 Å². The van der Waals surface area contributed by atoms with Crippen molar-refractivity contribution in [2.24, 2.45) is 5.41 Å². The maximum Gasteiger partial charge on any atom is 0.227 e. The Labute approximate surface area is 153 Å². The molecule has 0 aromatic carbocycles. The van der Waals surface area contributed by atoms with Crippen molar-refractivity contribution in [1.29, 1.82) is 0 Å². The zero-order valence-corrected chi connectivity index (χ0v) is 15.2. The lowest BCUT2D eigenvalue weighted by Gasteiger charge is -2.36. The second-order valence-electron chi connectivity index (χ2n) is 8.11.